The van der Waals surface area contributed by atoms with Crippen LogP contribution < -0.4 is 4.74 Å². The topological polar surface area (TPSA) is 12.5 Å². The van der Waals surface area contributed by atoms with E-state index in [1.807, 2.05) is 0 Å². The largest absolute Gasteiger partial charge is 0.492 e. The van der Waals surface area contributed by atoms with Crippen LogP contribution in [0.2, 0.25) is 0 Å². The van der Waals surface area contributed by atoms with Gasteiger partial charge in [0, 0.05) is 6.54 Å². The smallest absolute Gasteiger partial charge is 0.119 e. The van der Waals surface area contributed by atoms with Crippen LogP contribution in [-0.4, -0.2) is 31.1 Å². The van der Waals surface area contributed by atoms with Crippen molar-refractivity contribution >= 4 is 0 Å². The van der Waals surface area contributed by atoms with Gasteiger partial charge < -0.3 is 9.64 Å². The molecule has 0 amide bonds. The van der Waals surface area contributed by atoms with Crippen LogP contribution in [0.15, 0.2) is 30.4 Å². The number of aryl methyl sites for hydroxylation is 1. The minimum atomic E-state index is 0.478. The highest BCUT2D eigenvalue weighted by molar-refractivity contribution is 5.41. The van der Waals surface area contributed by atoms with Gasteiger partial charge in [0.25, 0.3) is 0 Å². The summed E-state index contributed by atoms with van der Waals surface area (Å²) in [7, 11) is 0. The number of rotatable bonds is 6. The Hall–Kier alpha value is -1.28. The lowest BCUT2D eigenvalue weighted by atomic mass is 9.56. The molecule has 0 radical (unpaired) electrons. The molecule has 1 aromatic carbocycles. The van der Waals surface area contributed by atoms with Gasteiger partial charge in [-0.2, -0.15) is 0 Å². The lowest BCUT2D eigenvalue weighted by Gasteiger charge is -2.49. The quantitative estimate of drug-likeness (QED) is 0.632. The van der Waals surface area contributed by atoms with E-state index in [-0.39, 0.29) is 0 Å². The molecule has 2 nitrogen and oxygen atoms in total. The second-order valence-corrected chi connectivity index (χ2v) is 8.83. The maximum Gasteiger partial charge on any atom is 0.119 e. The Morgan fingerprint density at radius 3 is 2.85 bits per heavy atom. The maximum absolute atomic E-state index is 6.08. The SMILES string of the molecule is CCN(CC)CCOc1ccc2c(c1)CC[C@@H]1[C@@H]2CC[C@]2(C)C=CC[C@@H]12. The summed E-state index contributed by atoms with van der Waals surface area (Å²) in [5.41, 5.74) is 3.67. The van der Waals surface area contributed by atoms with Crippen molar-refractivity contribution < 1.29 is 4.74 Å². The van der Waals surface area contributed by atoms with Gasteiger partial charge >= 0.3 is 0 Å². The number of hydrogen-bond donors (Lipinski definition) is 0. The van der Waals surface area contributed by atoms with E-state index >= 15 is 0 Å². The first kappa shape index (κ1) is 18.1. The van der Waals surface area contributed by atoms with Crippen molar-refractivity contribution in [1.29, 1.82) is 0 Å². The third kappa shape index (κ3) is 3.22. The molecule has 0 aliphatic heterocycles. The van der Waals surface area contributed by atoms with Crippen molar-refractivity contribution in [1.82, 2.24) is 4.90 Å². The molecule has 0 unspecified atom stereocenters. The Kier molecular flexibility index (Phi) is 5.14. The van der Waals surface area contributed by atoms with E-state index in [0.29, 0.717) is 5.41 Å². The fraction of sp³-hybridized carbons (Fsp3) is 0.667. The van der Waals surface area contributed by atoms with Crippen LogP contribution in [0, 0.1) is 17.3 Å². The summed E-state index contributed by atoms with van der Waals surface area (Å²) < 4.78 is 6.08. The zero-order chi connectivity index (χ0) is 18.1. The molecule has 0 aromatic heterocycles. The van der Waals surface area contributed by atoms with Gasteiger partial charge in [-0.05, 0) is 91.6 Å². The average Bonchev–Trinajstić information content (AvgIpc) is 3.06. The molecule has 0 N–H and O–H groups in total. The highest BCUT2D eigenvalue weighted by Crippen LogP contribution is 2.58. The maximum atomic E-state index is 6.08. The predicted molar refractivity (Wildman–Crippen MR) is 109 cm³/mol. The van der Waals surface area contributed by atoms with Gasteiger partial charge in [0.15, 0.2) is 0 Å². The molecule has 1 aromatic rings. The zero-order valence-corrected chi connectivity index (χ0v) is 16.8. The Balaban J connectivity index is 1.44. The van der Waals surface area contributed by atoms with Crippen molar-refractivity contribution in [2.45, 2.75) is 58.8 Å². The van der Waals surface area contributed by atoms with E-state index in [1.54, 1.807) is 11.1 Å². The zero-order valence-electron chi connectivity index (χ0n) is 16.8. The first-order chi connectivity index (χ1) is 12.6. The molecule has 2 heteroatoms. The third-order valence-electron chi connectivity index (χ3n) is 7.59. The molecule has 0 spiro atoms. The second-order valence-electron chi connectivity index (χ2n) is 8.83. The van der Waals surface area contributed by atoms with Crippen LogP contribution in [0.4, 0.5) is 0 Å². The second kappa shape index (κ2) is 7.38. The van der Waals surface area contributed by atoms with E-state index in [9.17, 15) is 0 Å². The lowest BCUT2D eigenvalue weighted by molar-refractivity contribution is 0.0825. The minimum Gasteiger partial charge on any atom is -0.492 e. The predicted octanol–water partition coefficient (Wildman–Crippen LogP) is 5.43. The summed E-state index contributed by atoms with van der Waals surface area (Å²) in [6, 6.07) is 6.96. The molecule has 3 aliphatic carbocycles. The fourth-order valence-electron chi connectivity index (χ4n) is 5.96. The fourth-order valence-corrected chi connectivity index (χ4v) is 5.96. The lowest BCUT2D eigenvalue weighted by Crippen LogP contribution is -2.39. The van der Waals surface area contributed by atoms with Crippen LogP contribution in [0.25, 0.3) is 0 Å². The van der Waals surface area contributed by atoms with Gasteiger partial charge in [0.05, 0.1) is 0 Å². The number of benzene rings is 1. The van der Waals surface area contributed by atoms with Gasteiger partial charge in [-0.25, -0.2) is 0 Å². The number of hydrogen-bond acceptors (Lipinski definition) is 2. The molecule has 4 atom stereocenters. The Labute approximate surface area is 159 Å². The van der Waals surface area contributed by atoms with E-state index in [0.717, 1.165) is 49.7 Å². The van der Waals surface area contributed by atoms with Gasteiger partial charge in [0.2, 0.25) is 0 Å². The van der Waals surface area contributed by atoms with Gasteiger partial charge in [0.1, 0.15) is 12.4 Å². The summed E-state index contributed by atoms with van der Waals surface area (Å²) in [5, 5.41) is 0. The van der Waals surface area contributed by atoms with E-state index in [1.165, 1.54) is 32.1 Å². The van der Waals surface area contributed by atoms with Crippen LogP contribution >= 0.6 is 0 Å². The van der Waals surface area contributed by atoms with E-state index in [4.69, 9.17) is 4.74 Å². The third-order valence-corrected chi connectivity index (χ3v) is 7.59. The van der Waals surface area contributed by atoms with Crippen LogP contribution in [-0.2, 0) is 6.42 Å². The van der Waals surface area contributed by atoms with Crippen LogP contribution in [0.5, 0.6) is 5.75 Å². The number of ether oxygens (including phenoxy) is 1. The number of allylic oxidation sites excluding steroid dienone is 2. The molecule has 3 aliphatic rings. The van der Waals surface area contributed by atoms with Gasteiger partial charge in [-0.1, -0.05) is 39.0 Å². The molecule has 0 bridgehead atoms. The Morgan fingerprint density at radius 2 is 2.04 bits per heavy atom. The summed E-state index contributed by atoms with van der Waals surface area (Å²) in [6.07, 6.45) is 11.6. The first-order valence-electron chi connectivity index (χ1n) is 10.8. The minimum absolute atomic E-state index is 0.478. The summed E-state index contributed by atoms with van der Waals surface area (Å²) >= 11 is 0. The monoisotopic (exact) mass is 353 g/mol. The van der Waals surface area contributed by atoms with Crippen molar-refractivity contribution in [3.8, 4) is 5.75 Å². The molecule has 1 fully saturated rings. The molecular formula is C24H35NO. The first-order valence-corrected chi connectivity index (χ1v) is 10.8. The number of nitrogens with zero attached hydrogens (tertiary/aromatic N) is 1. The van der Waals surface area contributed by atoms with Gasteiger partial charge in [-0.15, -0.1) is 0 Å². The number of likely N-dealkylation sites (N-methyl/N-ethyl adjacent to an activating group) is 1. The summed E-state index contributed by atoms with van der Waals surface area (Å²) in [6.45, 7) is 10.9. The van der Waals surface area contributed by atoms with Crippen molar-refractivity contribution in [2.24, 2.45) is 17.3 Å². The molecular weight excluding hydrogens is 318 g/mol. The normalized spacial score (nSPS) is 32.2. The highest BCUT2D eigenvalue weighted by atomic mass is 16.5. The van der Waals surface area contributed by atoms with Crippen LogP contribution in [0.3, 0.4) is 0 Å². The van der Waals surface area contributed by atoms with Crippen molar-refractivity contribution in [2.75, 3.05) is 26.2 Å². The molecule has 4 rings (SSSR count). The molecule has 142 valence electrons. The highest BCUT2D eigenvalue weighted by Gasteiger charge is 2.48. The van der Waals surface area contributed by atoms with E-state index < -0.39 is 0 Å². The van der Waals surface area contributed by atoms with Gasteiger partial charge in [-0.3, -0.25) is 0 Å². The molecule has 1 saturated carbocycles. The summed E-state index contributed by atoms with van der Waals surface area (Å²) in [4.78, 5) is 2.41. The number of fused-ring (bicyclic) bond motifs is 5. The Bertz CT molecular complexity index is 662. The van der Waals surface area contributed by atoms with E-state index in [2.05, 4.69) is 56.0 Å². The van der Waals surface area contributed by atoms with Crippen molar-refractivity contribution in [3.63, 3.8) is 0 Å². The molecule has 0 saturated heterocycles. The Morgan fingerprint density at radius 1 is 1.19 bits per heavy atom. The molecule has 26 heavy (non-hydrogen) atoms. The summed E-state index contributed by atoms with van der Waals surface area (Å²) in [5.74, 6) is 3.60. The average molecular weight is 354 g/mol. The molecule has 0 heterocycles. The van der Waals surface area contributed by atoms with Crippen molar-refractivity contribution in [3.05, 3.63) is 41.5 Å². The standard InChI is InChI=1S/C24H35NO/c1-4-25(5-2)15-16-26-19-9-11-20-18(17-19)8-10-22-21(20)12-14-24(3)13-6-7-23(22)24/h6,9,11,13,17,21-23H,4-5,7-8,10,12,14-16H2,1-3H3/t21-,22-,23+,24+/m1/s1. The van der Waals surface area contributed by atoms with Crippen LogP contribution in [0.1, 0.15) is 63.5 Å².